The number of H-pyrrole nitrogens is 1. The second-order valence-corrected chi connectivity index (χ2v) is 5.11. The monoisotopic (exact) mass is 294 g/mol. The van der Waals surface area contributed by atoms with E-state index >= 15 is 0 Å². The third kappa shape index (κ3) is 3.85. The molecule has 0 fully saturated rings. The first-order valence-corrected chi connectivity index (χ1v) is 7.16. The van der Waals surface area contributed by atoms with Crippen molar-refractivity contribution < 1.29 is 4.74 Å². The zero-order chi connectivity index (χ0) is 15.2. The Kier molecular flexibility index (Phi) is 4.34. The van der Waals surface area contributed by atoms with Crippen LogP contribution in [0, 0.1) is 6.92 Å². The van der Waals surface area contributed by atoms with Gasteiger partial charge in [0.15, 0.2) is 0 Å². The quantitative estimate of drug-likeness (QED) is 0.732. The number of ether oxygens (including phenoxy) is 1. The molecule has 0 spiro atoms. The summed E-state index contributed by atoms with van der Waals surface area (Å²) in [4.78, 5) is 4.03. The van der Waals surface area contributed by atoms with Gasteiger partial charge in [0.1, 0.15) is 18.7 Å². The third-order valence-corrected chi connectivity index (χ3v) is 3.26. The van der Waals surface area contributed by atoms with Crippen molar-refractivity contribution in [1.82, 2.24) is 15.2 Å². The maximum atomic E-state index is 5.86. The van der Waals surface area contributed by atoms with Gasteiger partial charge in [-0.2, -0.15) is 5.10 Å². The first kappa shape index (κ1) is 14.1. The van der Waals surface area contributed by atoms with Crippen LogP contribution in [0.1, 0.15) is 16.7 Å². The van der Waals surface area contributed by atoms with Crippen molar-refractivity contribution in [3.63, 3.8) is 0 Å². The summed E-state index contributed by atoms with van der Waals surface area (Å²) in [7, 11) is 0. The van der Waals surface area contributed by atoms with Gasteiger partial charge in [0.25, 0.3) is 0 Å². The Bertz CT molecular complexity index is 725. The van der Waals surface area contributed by atoms with Crippen molar-refractivity contribution in [1.29, 1.82) is 0 Å². The summed E-state index contributed by atoms with van der Waals surface area (Å²) in [5.74, 6) is 1.52. The molecule has 3 rings (SSSR count). The van der Waals surface area contributed by atoms with Crippen molar-refractivity contribution in [3.8, 4) is 5.75 Å². The highest BCUT2D eigenvalue weighted by Gasteiger charge is 2.00. The number of nitrogens with zero attached hydrogens (tertiary/aromatic N) is 2. The highest BCUT2D eigenvalue weighted by Crippen LogP contribution is 2.16. The molecule has 2 N–H and O–H groups in total. The Morgan fingerprint density at radius 3 is 2.77 bits per heavy atom. The molecule has 0 radical (unpaired) electrons. The summed E-state index contributed by atoms with van der Waals surface area (Å²) in [5.41, 5.74) is 3.54. The third-order valence-electron chi connectivity index (χ3n) is 3.26. The molecule has 5 heteroatoms. The van der Waals surface area contributed by atoms with Crippen LogP contribution in [-0.2, 0) is 13.2 Å². The minimum Gasteiger partial charge on any atom is -0.489 e. The lowest BCUT2D eigenvalue weighted by Gasteiger charge is -2.09. The van der Waals surface area contributed by atoms with Crippen LogP contribution in [-0.4, -0.2) is 15.2 Å². The molecular weight excluding hydrogens is 276 g/mol. The average molecular weight is 294 g/mol. The minimum atomic E-state index is 0.570. The summed E-state index contributed by atoms with van der Waals surface area (Å²) >= 11 is 0. The van der Waals surface area contributed by atoms with Crippen molar-refractivity contribution >= 4 is 5.95 Å². The molecule has 0 aliphatic heterocycles. The zero-order valence-corrected chi connectivity index (χ0v) is 12.4. The molecule has 1 aromatic heterocycles. The van der Waals surface area contributed by atoms with Gasteiger partial charge >= 0.3 is 0 Å². The van der Waals surface area contributed by atoms with Crippen LogP contribution in [0.15, 0.2) is 54.9 Å². The molecule has 0 unspecified atom stereocenters. The molecule has 112 valence electrons. The van der Waals surface area contributed by atoms with Gasteiger partial charge in [-0.15, -0.1) is 0 Å². The lowest BCUT2D eigenvalue weighted by atomic mass is 10.1. The van der Waals surface area contributed by atoms with Crippen LogP contribution >= 0.6 is 0 Å². The van der Waals surface area contributed by atoms with E-state index < -0.39 is 0 Å². The number of rotatable bonds is 6. The van der Waals surface area contributed by atoms with E-state index in [0.717, 1.165) is 11.3 Å². The van der Waals surface area contributed by atoms with Gasteiger partial charge in [-0.3, -0.25) is 0 Å². The Balaban J connectivity index is 1.59. The topological polar surface area (TPSA) is 62.8 Å². The fraction of sp³-hybridized carbons (Fsp3) is 0.176. The summed E-state index contributed by atoms with van der Waals surface area (Å²) in [5, 5.41) is 9.73. The molecule has 0 saturated heterocycles. The number of anilines is 1. The van der Waals surface area contributed by atoms with Crippen molar-refractivity contribution in [3.05, 3.63) is 71.5 Å². The molecule has 5 nitrogen and oxygen atoms in total. The van der Waals surface area contributed by atoms with E-state index in [0.29, 0.717) is 19.1 Å². The average Bonchev–Trinajstić information content (AvgIpc) is 3.05. The van der Waals surface area contributed by atoms with E-state index in [1.54, 1.807) is 0 Å². The number of benzene rings is 2. The molecule has 3 aromatic rings. The maximum Gasteiger partial charge on any atom is 0.218 e. The summed E-state index contributed by atoms with van der Waals surface area (Å²) in [6.07, 6.45) is 1.48. The molecule has 0 amide bonds. The van der Waals surface area contributed by atoms with Gasteiger partial charge in [-0.1, -0.05) is 42.0 Å². The summed E-state index contributed by atoms with van der Waals surface area (Å²) in [6.45, 7) is 3.32. The van der Waals surface area contributed by atoms with Gasteiger partial charge in [0.2, 0.25) is 5.95 Å². The van der Waals surface area contributed by atoms with E-state index in [9.17, 15) is 0 Å². The van der Waals surface area contributed by atoms with Crippen LogP contribution in [0.5, 0.6) is 5.75 Å². The minimum absolute atomic E-state index is 0.570. The standard InChI is InChI=1S/C17H18N4O/c1-13-4-2-6-15(8-13)11-22-16-7-3-5-14(9-16)10-18-17-19-12-20-21-17/h2-9,12H,10-11H2,1H3,(H2,18,19,20,21). The van der Waals surface area contributed by atoms with Crippen LogP contribution in [0.2, 0.25) is 0 Å². The molecule has 0 bridgehead atoms. The Morgan fingerprint density at radius 1 is 1.09 bits per heavy atom. The van der Waals surface area contributed by atoms with E-state index in [1.807, 2.05) is 30.3 Å². The van der Waals surface area contributed by atoms with Crippen LogP contribution in [0.25, 0.3) is 0 Å². The fourth-order valence-electron chi connectivity index (χ4n) is 2.19. The largest absolute Gasteiger partial charge is 0.489 e. The lowest BCUT2D eigenvalue weighted by Crippen LogP contribution is -2.02. The van der Waals surface area contributed by atoms with E-state index in [1.165, 1.54) is 17.5 Å². The number of hydrogen-bond acceptors (Lipinski definition) is 4. The van der Waals surface area contributed by atoms with E-state index in [4.69, 9.17) is 4.74 Å². The first-order valence-electron chi connectivity index (χ1n) is 7.16. The van der Waals surface area contributed by atoms with Gasteiger partial charge in [-0.25, -0.2) is 10.1 Å². The van der Waals surface area contributed by atoms with Crippen LogP contribution < -0.4 is 10.1 Å². The molecule has 0 aliphatic rings. The van der Waals surface area contributed by atoms with E-state index in [2.05, 4.69) is 45.6 Å². The second-order valence-electron chi connectivity index (χ2n) is 5.11. The molecule has 0 atom stereocenters. The highest BCUT2D eigenvalue weighted by atomic mass is 16.5. The number of aryl methyl sites for hydroxylation is 1. The molecule has 1 heterocycles. The first-order chi connectivity index (χ1) is 10.8. The summed E-state index contributed by atoms with van der Waals surface area (Å²) < 4.78 is 5.86. The molecule has 2 aromatic carbocycles. The Morgan fingerprint density at radius 2 is 1.95 bits per heavy atom. The zero-order valence-electron chi connectivity index (χ0n) is 12.4. The Hall–Kier alpha value is -2.82. The normalized spacial score (nSPS) is 10.4. The number of nitrogens with one attached hydrogen (secondary N) is 2. The predicted octanol–water partition coefficient (Wildman–Crippen LogP) is 3.30. The Labute approximate surface area is 129 Å². The van der Waals surface area contributed by atoms with Gasteiger partial charge in [0.05, 0.1) is 0 Å². The fourth-order valence-corrected chi connectivity index (χ4v) is 2.19. The van der Waals surface area contributed by atoms with Crippen molar-refractivity contribution in [2.24, 2.45) is 0 Å². The van der Waals surface area contributed by atoms with Gasteiger partial charge in [-0.05, 0) is 30.2 Å². The summed E-state index contributed by atoms with van der Waals surface area (Å²) in [6, 6.07) is 16.4. The molecule has 22 heavy (non-hydrogen) atoms. The number of aromatic amines is 1. The van der Waals surface area contributed by atoms with Crippen LogP contribution in [0.4, 0.5) is 5.95 Å². The van der Waals surface area contributed by atoms with Crippen LogP contribution in [0.3, 0.4) is 0 Å². The maximum absolute atomic E-state index is 5.86. The SMILES string of the molecule is Cc1cccc(COc2cccc(CNc3ncn[nH]3)c2)c1. The molecule has 0 aliphatic carbocycles. The van der Waals surface area contributed by atoms with Gasteiger partial charge < -0.3 is 10.1 Å². The van der Waals surface area contributed by atoms with Gasteiger partial charge in [0, 0.05) is 6.54 Å². The predicted molar refractivity (Wildman–Crippen MR) is 85.7 cm³/mol. The molecular formula is C17H18N4O. The van der Waals surface area contributed by atoms with Crippen molar-refractivity contribution in [2.75, 3.05) is 5.32 Å². The smallest absolute Gasteiger partial charge is 0.218 e. The van der Waals surface area contributed by atoms with Crippen molar-refractivity contribution in [2.45, 2.75) is 20.1 Å². The number of hydrogen-bond donors (Lipinski definition) is 2. The highest BCUT2D eigenvalue weighted by molar-refractivity contribution is 5.32. The van der Waals surface area contributed by atoms with E-state index in [-0.39, 0.29) is 0 Å². The second kappa shape index (κ2) is 6.76. The number of aromatic nitrogens is 3. The molecule has 0 saturated carbocycles. The lowest BCUT2D eigenvalue weighted by molar-refractivity contribution is 0.306.